The Morgan fingerprint density at radius 2 is 1.29 bits per heavy atom. The Bertz CT molecular complexity index is 614. The van der Waals surface area contributed by atoms with Gasteiger partial charge in [-0.2, -0.15) is 0 Å². The number of hydrogen-bond acceptors (Lipinski definition) is 0. The molecule has 1 aliphatic heterocycles. The maximum atomic E-state index is 2.33. The van der Waals surface area contributed by atoms with Crippen LogP contribution in [0.25, 0.3) is 0 Å². The second-order valence-electron chi connectivity index (χ2n) is 4.33. The van der Waals surface area contributed by atoms with E-state index in [2.05, 4.69) is 93.3 Å². The van der Waals surface area contributed by atoms with Crippen molar-refractivity contribution in [1.82, 2.24) is 0 Å². The van der Waals surface area contributed by atoms with Crippen molar-refractivity contribution >= 4 is 50.7 Å². The molecule has 0 amide bonds. The number of allylic oxidation sites excluding steroid dienone is 2. The van der Waals surface area contributed by atoms with Crippen LogP contribution in [0, 0.1) is 0 Å². The third-order valence-corrected chi connectivity index (χ3v) is 5.71. The van der Waals surface area contributed by atoms with Crippen molar-refractivity contribution in [1.29, 1.82) is 0 Å². The van der Waals surface area contributed by atoms with Crippen molar-refractivity contribution < 1.29 is 20.4 Å². The Hall–Kier alpha value is -0.0657. The summed E-state index contributed by atoms with van der Waals surface area (Å²) in [6.45, 7) is 0. The topological polar surface area (TPSA) is 0 Å². The van der Waals surface area contributed by atoms with E-state index in [9.17, 15) is 0 Å². The second-order valence-corrected chi connectivity index (χ2v) is 7.63. The number of hydrogen-bond donors (Lipinski definition) is 0. The Kier molecular flexibility index (Phi) is 9.13. The maximum absolute atomic E-state index is 2.33. The molecule has 0 fully saturated rings. The van der Waals surface area contributed by atoms with Gasteiger partial charge in [0.25, 0.3) is 0 Å². The standard InChI is InChI=1S/C16H12P.3ClH.Ti/c1-3-7-13(8-4-1)15-11-12-16(17-15)14-9-5-2-6-10-14;;;;/h1-12H;3*1H;. The summed E-state index contributed by atoms with van der Waals surface area (Å²) in [6.07, 6.45) is 4.59. The van der Waals surface area contributed by atoms with Gasteiger partial charge in [0.15, 0.2) is 0 Å². The van der Waals surface area contributed by atoms with Gasteiger partial charge in [-0.15, -0.1) is 37.2 Å². The summed E-state index contributed by atoms with van der Waals surface area (Å²) in [5.41, 5.74) is 2.71. The van der Waals surface area contributed by atoms with Gasteiger partial charge in [-0.25, -0.2) is 0 Å². The molecule has 109 valence electrons. The van der Waals surface area contributed by atoms with Gasteiger partial charge in [0.05, 0.1) is 0 Å². The molecule has 1 aliphatic rings. The number of benzene rings is 2. The molecular formula is C16H15Cl3PTi. The Morgan fingerprint density at radius 3 is 1.86 bits per heavy atom. The molecule has 1 unspecified atom stereocenters. The van der Waals surface area contributed by atoms with E-state index in [4.69, 9.17) is 0 Å². The van der Waals surface area contributed by atoms with E-state index in [-0.39, 0.29) is 40.7 Å². The van der Waals surface area contributed by atoms with Gasteiger partial charge in [0, 0.05) is 0 Å². The van der Waals surface area contributed by atoms with Crippen molar-refractivity contribution in [3.63, 3.8) is 0 Å². The average molecular weight is 392 g/mol. The summed E-state index contributed by atoms with van der Waals surface area (Å²) >= 11 is 2.30. The van der Waals surface area contributed by atoms with E-state index in [0.29, 0.717) is 0 Å². The van der Waals surface area contributed by atoms with Crippen LogP contribution in [0.1, 0.15) is 11.1 Å². The molecule has 0 nitrogen and oxygen atoms in total. The number of rotatable bonds is 2. The van der Waals surface area contributed by atoms with Crippen LogP contribution in [0.5, 0.6) is 0 Å². The van der Waals surface area contributed by atoms with Crippen LogP contribution in [0.15, 0.2) is 72.8 Å². The molecule has 0 saturated heterocycles. The van der Waals surface area contributed by atoms with Gasteiger partial charge in [-0.05, 0) is 0 Å². The van der Waals surface area contributed by atoms with Crippen LogP contribution < -0.4 is 0 Å². The molecule has 3 rings (SSSR count). The molecule has 0 spiro atoms. The summed E-state index contributed by atoms with van der Waals surface area (Å²) < 4.78 is 0.117. The van der Waals surface area contributed by atoms with E-state index >= 15 is 0 Å². The van der Waals surface area contributed by atoms with Crippen molar-refractivity contribution in [3.05, 3.63) is 83.9 Å². The van der Waals surface area contributed by atoms with Gasteiger partial charge >= 0.3 is 121 Å². The zero-order valence-corrected chi connectivity index (χ0v) is 16.0. The number of halogens is 3. The fourth-order valence-corrected chi connectivity index (χ4v) is 4.28. The van der Waals surface area contributed by atoms with E-state index in [1.807, 2.05) is 0 Å². The van der Waals surface area contributed by atoms with E-state index in [1.54, 1.807) is 0 Å². The van der Waals surface area contributed by atoms with Gasteiger partial charge < -0.3 is 0 Å². The first kappa shape index (κ1) is 20.9. The third kappa shape index (κ3) is 4.70. The Morgan fingerprint density at radius 1 is 0.762 bits per heavy atom. The van der Waals surface area contributed by atoms with Crippen LogP contribution in [0.4, 0.5) is 0 Å². The van der Waals surface area contributed by atoms with Gasteiger partial charge in [-0.3, -0.25) is 0 Å². The first-order chi connectivity index (χ1) is 8.78. The summed E-state index contributed by atoms with van der Waals surface area (Å²) in [4.78, 5) is 0. The predicted molar refractivity (Wildman–Crippen MR) is 96.5 cm³/mol. The molecule has 21 heavy (non-hydrogen) atoms. The van der Waals surface area contributed by atoms with E-state index in [0.717, 1.165) is 0 Å². The fraction of sp³-hybridized carbons (Fsp3) is 0.0625. The monoisotopic (exact) mass is 391 g/mol. The molecule has 2 aromatic rings. The molecular weight excluding hydrogens is 377 g/mol. The van der Waals surface area contributed by atoms with Gasteiger partial charge in [-0.1, -0.05) is 0 Å². The SMILES string of the molecule is Cl.Cl.Cl.[Ti][C]1(c2ccccc2)C=CC(c2ccccc2)=P1. The molecule has 0 saturated carbocycles. The first-order valence-electron chi connectivity index (χ1n) is 5.93. The van der Waals surface area contributed by atoms with Crippen molar-refractivity contribution in [2.24, 2.45) is 0 Å². The minimum atomic E-state index is 0. The van der Waals surface area contributed by atoms with Crippen molar-refractivity contribution in [2.75, 3.05) is 0 Å². The van der Waals surface area contributed by atoms with Crippen LogP contribution in [-0.4, -0.2) is 5.29 Å². The second kappa shape index (κ2) is 9.16. The summed E-state index contributed by atoms with van der Waals surface area (Å²) in [5, 5.41) is 1.40. The summed E-state index contributed by atoms with van der Waals surface area (Å²) in [6, 6.07) is 21.4. The molecule has 0 aliphatic carbocycles. The van der Waals surface area contributed by atoms with Crippen molar-refractivity contribution in [3.8, 4) is 0 Å². The molecule has 0 radical (unpaired) electrons. The zero-order valence-electron chi connectivity index (χ0n) is 11.1. The Balaban J connectivity index is 0.00000133. The summed E-state index contributed by atoms with van der Waals surface area (Å²) in [7, 11) is 1.36. The molecule has 0 aromatic heterocycles. The zero-order chi connectivity index (χ0) is 12.4. The normalized spacial score (nSPS) is 19.5. The van der Waals surface area contributed by atoms with Crippen LogP contribution in [0.2, 0.25) is 0 Å². The molecule has 0 bridgehead atoms. The Labute approximate surface area is 157 Å². The van der Waals surface area contributed by atoms with Gasteiger partial charge in [0.1, 0.15) is 0 Å². The average Bonchev–Trinajstić information content (AvgIpc) is 2.85. The molecule has 1 atom stereocenters. The van der Waals surface area contributed by atoms with Crippen LogP contribution in [-0.2, 0) is 23.9 Å². The van der Waals surface area contributed by atoms with Crippen LogP contribution in [0.3, 0.4) is 0 Å². The third-order valence-electron chi connectivity index (χ3n) is 3.06. The van der Waals surface area contributed by atoms with E-state index in [1.165, 1.54) is 24.6 Å². The quantitative estimate of drug-likeness (QED) is 0.475. The fourth-order valence-electron chi connectivity index (χ4n) is 2.09. The molecule has 2 aromatic carbocycles. The first-order valence-corrected chi connectivity index (χ1v) is 7.60. The predicted octanol–water partition coefficient (Wildman–Crippen LogP) is 5.39. The molecule has 1 heterocycles. The van der Waals surface area contributed by atoms with Gasteiger partial charge in [0.2, 0.25) is 0 Å². The summed E-state index contributed by atoms with van der Waals surface area (Å²) in [5.74, 6) is 0. The molecule has 0 N–H and O–H groups in total. The minimum absolute atomic E-state index is 0. The van der Waals surface area contributed by atoms with Crippen molar-refractivity contribution in [2.45, 2.75) is 3.46 Å². The molecule has 5 heteroatoms. The van der Waals surface area contributed by atoms with E-state index < -0.39 is 0 Å². The van der Waals surface area contributed by atoms with Crippen LogP contribution >= 0.6 is 45.4 Å².